The Morgan fingerprint density at radius 3 is 2.92 bits per heavy atom. The van der Waals surface area contributed by atoms with Gasteiger partial charge in [0.2, 0.25) is 5.91 Å². The predicted octanol–water partition coefficient (Wildman–Crippen LogP) is -0.181. The number of likely N-dealkylation sites (tertiary alicyclic amines) is 1. The molecular formula is C15H18N6O3. The minimum Gasteiger partial charge on any atom is -0.364 e. The molecule has 0 aromatic carbocycles. The molecule has 1 aliphatic rings. The van der Waals surface area contributed by atoms with Crippen molar-refractivity contribution in [3.05, 3.63) is 46.1 Å². The number of aromatic amines is 1. The quantitative estimate of drug-likeness (QED) is 0.804. The first-order valence-electron chi connectivity index (χ1n) is 7.73. The van der Waals surface area contributed by atoms with Gasteiger partial charge in [-0.2, -0.15) is 10.2 Å². The van der Waals surface area contributed by atoms with Gasteiger partial charge in [-0.1, -0.05) is 0 Å². The van der Waals surface area contributed by atoms with E-state index in [0.717, 1.165) is 23.9 Å². The largest absolute Gasteiger partial charge is 0.364 e. The van der Waals surface area contributed by atoms with Gasteiger partial charge in [0, 0.05) is 18.8 Å². The van der Waals surface area contributed by atoms with Crippen molar-refractivity contribution in [3.63, 3.8) is 0 Å². The Morgan fingerprint density at radius 2 is 2.21 bits per heavy atom. The highest BCUT2D eigenvalue weighted by Crippen LogP contribution is 2.30. The van der Waals surface area contributed by atoms with E-state index in [1.54, 1.807) is 11.0 Å². The van der Waals surface area contributed by atoms with E-state index in [-0.39, 0.29) is 29.7 Å². The number of carbonyl (C=O) groups is 2. The Labute approximate surface area is 137 Å². The number of rotatable bonds is 4. The maximum atomic E-state index is 12.6. The Balaban J connectivity index is 1.81. The molecule has 126 valence electrons. The Kier molecular flexibility index (Phi) is 4.41. The lowest BCUT2D eigenvalue weighted by atomic mass is 9.99. The summed E-state index contributed by atoms with van der Waals surface area (Å²) in [6.45, 7) is 0.461. The van der Waals surface area contributed by atoms with E-state index >= 15 is 0 Å². The summed E-state index contributed by atoms with van der Waals surface area (Å²) < 4.78 is 1.13. The molecule has 1 aliphatic heterocycles. The SMILES string of the molecule is NC(=O)c1cc([C@H]2CCCCN2C(=O)Cn2ncccc2=O)[nH]n1. The average molecular weight is 330 g/mol. The fourth-order valence-electron chi connectivity index (χ4n) is 2.91. The molecule has 0 bridgehead atoms. The zero-order valence-corrected chi connectivity index (χ0v) is 13.0. The minimum atomic E-state index is -0.619. The Bertz CT molecular complexity index is 811. The van der Waals surface area contributed by atoms with Crippen LogP contribution in [0.1, 0.15) is 41.5 Å². The first kappa shape index (κ1) is 15.9. The van der Waals surface area contributed by atoms with Gasteiger partial charge in [-0.15, -0.1) is 0 Å². The number of nitrogens with zero attached hydrogens (tertiary/aromatic N) is 4. The number of hydrogen-bond acceptors (Lipinski definition) is 5. The van der Waals surface area contributed by atoms with Gasteiger partial charge in [-0.05, 0) is 31.4 Å². The number of nitrogens with two attached hydrogens (primary N) is 1. The number of amides is 2. The summed E-state index contributed by atoms with van der Waals surface area (Å²) in [6.07, 6.45) is 4.07. The number of primary amides is 1. The molecule has 2 aromatic rings. The maximum Gasteiger partial charge on any atom is 0.269 e. The van der Waals surface area contributed by atoms with Crippen molar-refractivity contribution < 1.29 is 9.59 Å². The van der Waals surface area contributed by atoms with Crippen molar-refractivity contribution in [2.24, 2.45) is 5.73 Å². The molecule has 3 N–H and O–H groups in total. The lowest BCUT2D eigenvalue weighted by Gasteiger charge is -2.35. The molecule has 2 aromatic heterocycles. The standard InChI is InChI=1S/C15H18N6O3/c16-15(24)11-8-10(18-19-11)12-4-1-2-7-20(12)14(23)9-21-13(22)5-3-6-17-21/h3,5-6,8,12H,1-2,4,7,9H2,(H2,16,24)(H,18,19)/t12-/m1/s1. The second kappa shape index (κ2) is 6.65. The van der Waals surface area contributed by atoms with Crippen LogP contribution in [0.15, 0.2) is 29.2 Å². The molecule has 0 aliphatic carbocycles. The smallest absolute Gasteiger partial charge is 0.269 e. The Morgan fingerprint density at radius 1 is 1.38 bits per heavy atom. The number of nitrogens with one attached hydrogen (secondary N) is 1. The third kappa shape index (κ3) is 3.19. The van der Waals surface area contributed by atoms with Crippen LogP contribution in [0.25, 0.3) is 0 Å². The normalized spacial score (nSPS) is 17.7. The lowest BCUT2D eigenvalue weighted by Crippen LogP contribution is -2.42. The Hall–Kier alpha value is -2.97. The molecule has 1 atom stereocenters. The first-order valence-corrected chi connectivity index (χ1v) is 7.73. The third-order valence-corrected chi connectivity index (χ3v) is 4.10. The van der Waals surface area contributed by atoms with Crippen molar-refractivity contribution in [3.8, 4) is 0 Å². The fourth-order valence-corrected chi connectivity index (χ4v) is 2.91. The lowest BCUT2D eigenvalue weighted by molar-refractivity contribution is -0.136. The summed E-state index contributed by atoms with van der Waals surface area (Å²) >= 11 is 0. The monoisotopic (exact) mass is 330 g/mol. The van der Waals surface area contributed by atoms with Crippen LogP contribution in [0, 0.1) is 0 Å². The van der Waals surface area contributed by atoms with Crippen LogP contribution in [0.5, 0.6) is 0 Å². The van der Waals surface area contributed by atoms with E-state index in [4.69, 9.17) is 5.73 Å². The molecule has 0 unspecified atom stereocenters. The second-order valence-electron chi connectivity index (χ2n) is 5.69. The van der Waals surface area contributed by atoms with Crippen LogP contribution in [0.2, 0.25) is 0 Å². The number of H-pyrrole nitrogens is 1. The van der Waals surface area contributed by atoms with Crippen LogP contribution in [0.4, 0.5) is 0 Å². The van der Waals surface area contributed by atoms with E-state index in [1.165, 1.54) is 18.3 Å². The summed E-state index contributed by atoms with van der Waals surface area (Å²) in [7, 11) is 0. The number of carbonyl (C=O) groups excluding carboxylic acids is 2. The third-order valence-electron chi connectivity index (χ3n) is 4.10. The number of hydrogen-bond donors (Lipinski definition) is 2. The molecule has 1 fully saturated rings. The van der Waals surface area contributed by atoms with Crippen molar-refractivity contribution >= 4 is 11.8 Å². The molecule has 1 saturated heterocycles. The van der Waals surface area contributed by atoms with Crippen molar-refractivity contribution in [2.75, 3.05) is 6.54 Å². The summed E-state index contributed by atoms with van der Waals surface area (Å²) in [5, 5.41) is 10.6. The minimum absolute atomic E-state index is 0.118. The maximum absolute atomic E-state index is 12.6. The molecule has 3 rings (SSSR count). The molecule has 2 amide bonds. The van der Waals surface area contributed by atoms with Crippen LogP contribution in [-0.2, 0) is 11.3 Å². The highest BCUT2D eigenvalue weighted by Gasteiger charge is 2.30. The van der Waals surface area contributed by atoms with Gasteiger partial charge in [-0.3, -0.25) is 19.5 Å². The molecule has 24 heavy (non-hydrogen) atoms. The van der Waals surface area contributed by atoms with E-state index in [2.05, 4.69) is 15.3 Å². The van der Waals surface area contributed by atoms with Crippen LogP contribution >= 0.6 is 0 Å². The summed E-state index contributed by atoms with van der Waals surface area (Å²) in [5.41, 5.74) is 5.71. The van der Waals surface area contributed by atoms with Gasteiger partial charge in [0.25, 0.3) is 11.5 Å². The number of aromatic nitrogens is 4. The molecule has 0 radical (unpaired) electrons. The molecule has 3 heterocycles. The molecule has 9 nitrogen and oxygen atoms in total. The average Bonchev–Trinajstić information content (AvgIpc) is 3.07. The van der Waals surface area contributed by atoms with Gasteiger partial charge in [-0.25, -0.2) is 4.68 Å². The summed E-state index contributed by atoms with van der Waals surface area (Å²) in [4.78, 5) is 37.3. The van der Waals surface area contributed by atoms with E-state index in [9.17, 15) is 14.4 Å². The fraction of sp³-hybridized carbons (Fsp3) is 0.400. The van der Waals surface area contributed by atoms with E-state index < -0.39 is 5.91 Å². The molecular weight excluding hydrogens is 312 g/mol. The van der Waals surface area contributed by atoms with Gasteiger partial charge in [0.15, 0.2) is 0 Å². The van der Waals surface area contributed by atoms with E-state index in [1.807, 2.05) is 0 Å². The van der Waals surface area contributed by atoms with Gasteiger partial charge in [0.1, 0.15) is 12.2 Å². The van der Waals surface area contributed by atoms with Gasteiger partial charge < -0.3 is 10.6 Å². The van der Waals surface area contributed by atoms with Crippen molar-refractivity contribution in [2.45, 2.75) is 31.8 Å². The van der Waals surface area contributed by atoms with Crippen molar-refractivity contribution in [1.82, 2.24) is 24.9 Å². The van der Waals surface area contributed by atoms with Crippen LogP contribution in [0.3, 0.4) is 0 Å². The highest BCUT2D eigenvalue weighted by molar-refractivity contribution is 5.90. The second-order valence-corrected chi connectivity index (χ2v) is 5.69. The van der Waals surface area contributed by atoms with Gasteiger partial charge in [0.05, 0.1) is 11.7 Å². The zero-order valence-electron chi connectivity index (χ0n) is 13.0. The molecule has 0 saturated carbocycles. The molecule has 0 spiro atoms. The zero-order chi connectivity index (χ0) is 17.1. The molecule has 9 heteroatoms. The highest BCUT2D eigenvalue weighted by atomic mass is 16.2. The summed E-state index contributed by atoms with van der Waals surface area (Å²) in [5.74, 6) is -0.818. The topological polar surface area (TPSA) is 127 Å². The van der Waals surface area contributed by atoms with E-state index in [0.29, 0.717) is 12.2 Å². The van der Waals surface area contributed by atoms with Crippen LogP contribution < -0.4 is 11.3 Å². The first-order chi connectivity index (χ1) is 11.6. The predicted molar refractivity (Wildman–Crippen MR) is 83.9 cm³/mol. The summed E-state index contributed by atoms with van der Waals surface area (Å²) in [6, 6.07) is 4.25. The van der Waals surface area contributed by atoms with Gasteiger partial charge >= 0.3 is 0 Å². The number of piperidine rings is 1. The van der Waals surface area contributed by atoms with Crippen molar-refractivity contribution in [1.29, 1.82) is 0 Å². The van der Waals surface area contributed by atoms with Crippen LogP contribution in [-0.4, -0.2) is 43.2 Å².